The van der Waals surface area contributed by atoms with Crippen LogP contribution < -0.4 is 10.6 Å². The molecule has 0 saturated heterocycles. The number of hydrogen-bond acceptors (Lipinski definition) is 4. The number of guanidine groups is 1. The number of nitrogens with one attached hydrogen (secondary N) is 2. The van der Waals surface area contributed by atoms with Crippen LogP contribution in [0.2, 0.25) is 0 Å². The van der Waals surface area contributed by atoms with E-state index in [1.807, 2.05) is 17.8 Å². The van der Waals surface area contributed by atoms with Crippen LogP contribution in [0.3, 0.4) is 0 Å². The van der Waals surface area contributed by atoms with E-state index in [0.29, 0.717) is 11.7 Å². The number of ether oxygens (including phenoxy) is 1. The number of esters is 1. The summed E-state index contributed by atoms with van der Waals surface area (Å²) in [7, 11) is 1.42. The maximum absolute atomic E-state index is 11.1. The lowest BCUT2D eigenvalue weighted by Gasteiger charge is -2.13. The lowest BCUT2D eigenvalue weighted by Crippen LogP contribution is -2.38. The summed E-state index contributed by atoms with van der Waals surface area (Å²) in [6.07, 6.45) is 2.20. The summed E-state index contributed by atoms with van der Waals surface area (Å²) in [5, 5.41) is 6.96. The third kappa shape index (κ3) is 9.45. The molecule has 1 unspecified atom stereocenters. The monoisotopic (exact) mass is 351 g/mol. The van der Waals surface area contributed by atoms with Crippen molar-refractivity contribution in [2.75, 3.05) is 26.7 Å². The second kappa shape index (κ2) is 12.7. The van der Waals surface area contributed by atoms with Crippen molar-refractivity contribution in [1.82, 2.24) is 10.6 Å². The zero-order valence-corrected chi connectivity index (χ0v) is 15.7. The zero-order valence-electron chi connectivity index (χ0n) is 14.9. The van der Waals surface area contributed by atoms with Crippen LogP contribution in [-0.4, -0.2) is 43.9 Å². The average molecular weight is 352 g/mol. The van der Waals surface area contributed by atoms with Gasteiger partial charge in [-0.2, -0.15) is 0 Å². The van der Waals surface area contributed by atoms with Gasteiger partial charge in [0.05, 0.1) is 13.7 Å². The highest BCUT2D eigenvalue weighted by atomic mass is 32.2. The van der Waals surface area contributed by atoms with Crippen molar-refractivity contribution in [2.45, 2.75) is 43.3 Å². The molecule has 0 bridgehead atoms. The number of carbonyl (C=O) groups excluding carboxylic acids is 1. The Balaban J connectivity index is 2.31. The predicted octanol–water partition coefficient (Wildman–Crippen LogP) is 3.07. The van der Waals surface area contributed by atoms with Crippen LogP contribution in [0.1, 0.15) is 33.1 Å². The largest absolute Gasteiger partial charge is 0.469 e. The topological polar surface area (TPSA) is 62.7 Å². The summed E-state index contributed by atoms with van der Waals surface area (Å²) in [6.45, 7) is 6.60. The Morgan fingerprint density at radius 2 is 2.00 bits per heavy atom. The highest BCUT2D eigenvalue weighted by Gasteiger charge is 2.05. The van der Waals surface area contributed by atoms with Gasteiger partial charge in [0.1, 0.15) is 0 Å². The van der Waals surface area contributed by atoms with Gasteiger partial charge < -0.3 is 15.4 Å². The van der Waals surface area contributed by atoms with E-state index < -0.39 is 0 Å². The number of methoxy groups -OCH3 is 1. The average Bonchev–Trinajstić information content (AvgIpc) is 2.59. The third-order valence-corrected chi connectivity index (χ3v) is 4.35. The predicted molar refractivity (Wildman–Crippen MR) is 102 cm³/mol. The maximum atomic E-state index is 11.1. The van der Waals surface area contributed by atoms with Crippen molar-refractivity contribution in [3.05, 3.63) is 30.3 Å². The molecule has 1 rings (SSSR count). The molecule has 1 aromatic rings. The summed E-state index contributed by atoms with van der Waals surface area (Å²) in [5.74, 6) is 0.679. The smallest absolute Gasteiger partial charge is 0.305 e. The first-order valence-electron chi connectivity index (χ1n) is 8.46. The van der Waals surface area contributed by atoms with Gasteiger partial charge in [0.15, 0.2) is 5.96 Å². The highest BCUT2D eigenvalue weighted by Crippen LogP contribution is 2.22. The molecule has 0 aromatic heterocycles. The molecule has 0 spiro atoms. The van der Waals surface area contributed by atoms with E-state index in [9.17, 15) is 4.79 Å². The molecule has 0 heterocycles. The summed E-state index contributed by atoms with van der Waals surface area (Å²) < 4.78 is 4.63. The van der Waals surface area contributed by atoms with Crippen LogP contribution in [0.5, 0.6) is 0 Å². The molecule has 0 radical (unpaired) electrons. The Hall–Kier alpha value is -1.69. The second-order valence-electron chi connectivity index (χ2n) is 5.42. The first-order chi connectivity index (χ1) is 11.7. The van der Waals surface area contributed by atoms with E-state index in [2.05, 4.69) is 58.5 Å². The molecule has 24 heavy (non-hydrogen) atoms. The quantitative estimate of drug-likeness (QED) is 0.223. The van der Waals surface area contributed by atoms with Gasteiger partial charge in [-0.3, -0.25) is 9.79 Å². The molecular weight excluding hydrogens is 322 g/mol. The molecule has 134 valence electrons. The molecule has 2 N–H and O–H groups in total. The van der Waals surface area contributed by atoms with Crippen molar-refractivity contribution in [3.8, 4) is 0 Å². The molecular formula is C18H29N3O2S. The molecule has 0 aliphatic heterocycles. The van der Waals surface area contributed by atoms with Gasteiger partial charge in [-0.05, 0) is 31.9 Å². The number of thioether (sulfide) groups is 1. The van der Waals surface area contributed by atoms with E-state index in [4.69, 9.17) is 0 Å². The second-order valence-corrected chi connectivity index (χ2v) is 6.93. The van der Waals surface area contributed by atoms with Crippen molar-refractivity contribution >= 4 is 23.7 Å². The van der Waals surface area contributed by atoms with Crippen molar-refractivity contribution in [2.24, 2.45) is 4.99 Å². The van der Waals surface area contributed by atoms with Crippen molar-refractivity contribution < 1.29 is 9.53 Å². The van der Waals surface area contributed by atoms with Crippen LogP contribution in [0, 0.1) is 0 Å². The number of rotatable bonds is 10. The molecule has 1 atom stereocenters. The van der Waals surface area contributed by atoms with E-state index >= 15 is 0 Å². The Morgan fingerprint density at radius 3 is 2.67 bits per heavy atom. The molecule has 0 aliphatic rings. The molecule has 0 amide bonds. The van der Waals surface area contributed by atoms with Gasteiger partial charge in [-0.1, -0.05) is 25.1 Å². The van der Waals surface area contributed by atoms with Gasteiger partial charge >= 0.3 is 5.97 Å². The summed E-state index contributed by atoms with van der Waals surface area (Å²) in [5.41, 5.74) is 0. The third-order valence-electron chi connectivity index (χ3n) is 3.26. The van der Waals surface area contributed by atoms with Gasteiger partial charge in [0.25, 0.3) is 0 Å². The minimum atomic E-state index is -0.151. The number of carbonyl (C=O) groups is 1. The minimum Gasteiger partial charge on any atom is -0.469 e. The first-order valence-corrected chi connectivity index (χ1v) is 9.34. The number of unbranched alkanes of at least 4 members (excludes halogenated alkanes) is 1. The maximum Gasteiger partial charge on any atom is 0.305 e. The van der Waals surface area contributed by atoms with Crippen LogP contribution in [-0.2, 0) is 9.53 Å². The van der Waals surface area contributed by atoms with Crippen LogP contribution in [0.4, 0.5) is 0 Å². The lowest BCUT2D eigenvalue weighted by atomic mass is 10.2. The Labute approximate surface area is 149 Å². The molecule has 0 aliphatic carbocycles. The highest BCUT2D eigenvalue weighted by molar-refractivity contribution is 8.00. The first kappa shape index (κ1) is 20.4. The molecule has 6 heteroatoms. The van der Waals surface area contributed by atoms with Crippen LogP contribution >= 0.6 is 11.8 Å². The summed E-state index contributed by atoms with van der Waals surface area (Å²) in [6, 6.07) is 10.4. The van der Waals surface area contributed by atoms with Crippen molar-refractivity contribution in [3.63, 3.8) is 0 Å². The molecule has 0 fully saturated rings. The fraction of sp³-hybridized carbons (Fsp3) is 0.556. The summed E-state index contributed by atoms with van der Waals surface area (Å²) in [4.78, 5) is 17.0. The SMILES string of the molecule is CCNC(=NCC(C)Sc1ccccc1)NCCCCC(=O)OC. The lowest BCUT2D eigenvalue weighted by molar-refractivity contribution is -0.140. The fourth-order valence-electron chi connectivity index (χ4n) is 2.03. The van der Waals surface area contributed by atoms with Gasteiger partial charge in [0.2, 0.25) is 0 Å². The Morgan fingerprint density at radius 1 is 1.25 bits per heavy atom. The van der Waals surface area contributed by atoms with Gasteiger partial charge in [-0.25, -0.2) is 0 Å². The van der Waals surface area contributed by atoms with Gasteiger partial charge in [0, 0.05) is 29.7 Å². The van der Waals surface area contributed by atoms with Crippen LogP contribution in [0.25, 0.3) is 0 Å². The number of hydrogen-bond donors (Lipinski definition) is 2. The van der Waals surface area contributed by atoms with E-state index in [1.165, 1.54) is 12.0 Å². The van der Waals surface area contributed by atoms with Crippen molar-refractivity contribution in [1.29, 1.82) is 0 Å². The number of nitrogens with zero attached hydrogens (tertiary/aromatic N) is 1. The zero-order chi connectivity index (χ0) is 17.6. The minimum absolute atomic E-state index is 0.151. The fourth-order valence-corrected chi connectivity index (χ4v) is 2.96. The molecule has 5 nitrogen and oxygen atoms in total. The number of benzene rings is 1. The Bertz CT molecular complexity index is 494. The molecule has 0 saturated carbocycles. The summed E-state index contributed by atoms with van der Waals surface area (Å²) >= 11 is 1.83. The van der Waals surface area contributed by atoms with E-state index in [1.54, 1.807) is 0 Å². The number of aliphatic imine (C=N–C) groups is 1. The van der Waals surface area contributed by atoms with E-state index in [0.717, 1.165) is 38.4 Å². The van der Waals surface area contributed by atoms with Crippen LogP contribution in [0.15, 0.2) is 40.2 Å². The standard InChI is InChI=1S/C18H29N3O2S/c1-4-19-18(20-13-9-8-12-17(22)23-3)21-14-15(2)24-16-10-6-5-7-11-16/h5-7,10-11,15H,4,8-9,12-14H2,1-3H3,(H2,19,20,21). The Kier molecular flexibility index (Phi) is 10.8. The van der Waals surface area contributed by atoms with E-state index in [-0.39, 0.29) is 5.97 Å². The van der Waals surface area contributed by atoms with Gasteiger partial charge in [-0.15, -0.1) is 11.8 Å². The molecule has 1 aromatic carbocycles. The normalized spacial score (nSPS) is 12.5.